The molecule has 4 aromatic carbocycles. The lowest BCUT2D eigenvalue weighted by Gasteiger charge is -2.32. The van der Waals surface area contributed by atoms with Gasteiger partial charge in [0.25, 0.3) is 5.91 Å². The SMILES string of the molecule is CN1C(=O)[C@@H](Cc2ccc(O)cc2)NC(=O)CNC(=O)[C@H](Cc2ccc3ccccc3c2)NC(=O)[C@H](CCCN=C(N)N)NC(=O)[C@H]1CCCNC(=O)c1ccc(CNC(=O)CN(CCNCC(=O)O)CCN(CCNCC(=O)O)CC(=O)O)cc1. The van der Waals surface area contributed by atoms with Gasteiger partial charge in [-0.15, -0.1) is 0 Å². The summed E-state index contributed by atoms with van der Waals surface area (Å²) in [5.41, 5.74) is 13.3. The van der Waals surface area contributed by atoms with Gasteiger partial charge in [0.2, 0.25) is 35.4 Å². The number of amides is 7. The van der Waals surface area contributed by atoms with E-state index >= 15 is 0 Å². The number of hydrogen-bond acceptors (Lipinski definition) is 16. The van der Waals surface area contributed by atoms with Gasteiger partial charge in [0, 0.05) is 84.4 Å². The maximum Gasteiger partial charge on any atom is 0.317 e. The average molecular weight is 1200 g/mol. The molecular weight excluding hydrogens is 1120 g/mol. The lowest BCUT2D eigenvalue weighted by Crippen LogP contribution is -2.58. The molecule has 0 radical (unpaired) electrons. The van der Waals surface area contributed by atoms with Crippen LogP contribution in [0.25, 0.3) is 10.8 Å². The molecule has 1 aliphatic rings. The second kappa shape index (κ2) is 35.1. The number of nitrogens with one attached hydrogen (secondary N) is 8. The Hall–Kier alpha value is -9.25. The van der Waals surface area contributed by atoms with Gasteiger partial charge in [0.15, 0.2) is 5.96 Å². The predicted octanol–water partition coefficient (Wildman–Crippen LogP) is -2.34. The number of carboxylic acid groups (broad SMARTS) is 3. The highest BCUT2D eigenvalue weighted by Crippen LogP contribution is 2.19. The number of phenols is 1. The minimum Gasteiger partial charge on any atom is -0.508 e. The van der Waals surface area contributed by atoms with Crippen molar-refractivity contribution >= 4 is 76.0 Å². The lowest BCUT2D eigenvalue weighted by molar-refractivity contribution is -0.142. The van der Waals surface area contributed by atoms with Crippen molar-refractivity contribution < 1.29 is 68.4 Å². The highest BCUT2D eigenvalue weighted by atomic mass is 16.4. The van der Waals surface area contributed by atoms with Crippen LogP contribution in [-0.4, -0.2) is 217 Å². The molecule has 28 nitrogen and oxygen atoms in total. The molecule has 28 heteroatoms. The monoisotopic (exact) mass is 1190 g/mol. The van der Waals surface area contributed by atoms with E-state index < -0.39 is 90.0 Å². The molecule has 4 aromatic rings. The zero-order chi connectivity index (χ0) is 62.5. The fourth-order valence-corrected chi connectivity index (χ4v) is 9.34. The number of aliphatic imine (C=N–C) groups is 1. The molecule has 0 bridgehead atoms. The standard InChI is InChI=1S/C58H78N14O14/c1-70-47(9-5-20-63-53(82)41-16-10-38(11-17-41)31-65-49(75)35-71(24-22-61-33-50(76)77)26-27-72(36-52(80)81)25-23-62-34-51(78)79)56(85)68-44(8-4-21-64-58(59)60)55(84)69-45(30-39-12-15-40-6-2-3-7-42(40)28-39)54(83)66-32-48(74)67-46(57(70)86)29-37-13-18-43(73)19-14-37/h2-3,6-7,10-19,28,44-47,61-62,73H,4-5,8-9,20-27,29-36H2,1H3,(H,63,82)(H,65,75)(H,66,83)(H,67,74)(H,68,85)(H,69,84)(H,76,77)(H,78,79)(H,80,81)(H4,59,60,64)/t44-,45-,46+,47+/m0/s1. The van der Waals surface area contributed by atoms with Gasteiger partial charge in [-0.05, 0) is 77.4 Å². The first-order chi connectivity index (χ1) is 41.1. The molecule has 0 aromatic heterocycles. The first kappa shape index (κ1) is 67.5. The summed E-state index contributed by atoms with van der Waals surface area (Å²) in [6, 6.07) is 20.4. The maximum absolute atomic E-state index is 14.7. The van der Waals surface area contributed by atoms with Crippen LogP contribution in [0, 0.1) is 0 Å². The Morgan fingerprint density at radius 2 is 1.23 bits per heavy atom. The van der Waals surface area contributed by atoms with Crippen LogP contribution in [-0.2, 0) is 62.5 Å². The molecule has 1 fully saturated rings. The molecule has 1 aliphatic heterocycles. The van der Waals surface area contributed by atoms with Crippen LogP contribution >= 0.6 is 0 Å². The van der Waals surface area contributed by atoms with Crippen LogP contribution in [0.5, 0.6) is 5.75 Å². The molecule has 4 atom stereocenters. The van der Waals surface area contributed by atoms with Gasteiger partial charge in [-0.2, -0.15) is 0 Å². The Labute approximate surface area is 496 Å². The summed E-state index contributed by atoms with van der Waals surface area (Å²) in [6.07, 6.45) is 0.198. The quantitative estimate of drug-likeness (QED) is 0.0138. The molecule has 1 heterocycles. The number of likely N-dealkylation sites (N-methyl/N-ethyl adjacent to an activating group) is 1. The van der Waals surface area contributed by atoms with E-state index in [0.29, 0.717) is 16.7 Å². The van der Waals surface area contributed by atoms with Crippen molar-refractivity contribution in [2.24, 2.45) is 16.5 Å². The number of fused-ring (bicyclic) bond motifs is 1. The van der Waals surface area contributed by atoms with Crippen LogP contribution in [0.15, 0.2) is 96.0 Å². The van der Waals surface area contributed by atoms with E-state index in [1.807, 2.05) is 42.5 Å². The van der Waals surface area contributed by atoms with Crippen molar-refractivity contribution in [3.8, 4) is 5.75 Å². The summed E-state index contributed by atoms with van der Waals surface area (Å²) in [5, 5.41) is 61.2. The van der Waals surface area contributed by atoms with Gasteiger partial charge in [-0.1, -0.05) is 66.7 Å². The molecule has 0 spiro atoms. The molecule has 464 valence electrons. The van der Waals surface area contributed by atoms with Crippen molar-refractivity contribution in [2.45, 2.75) is 69.2 Å². The van der Waals surface area contributed by atoms with E-state index in [-0.39, 0.29) is 141 Å². The Kier molecular flexibility index (Phi) is 27.6. The van der Waals surface area contributed by atoms with Crippen molar-refractivity contribution in [3.05, 3.63) is 113 Å². The van der Waals surface area contributed by atoms with Crippen LogP contribution in [0.2, 0.25) is 0 Å². The minimum absolute atomic E-state index is 0.000499. The molecular formula is C58H78N14O14. The summed E-state index contributed by atoms with van der Waals surface area (Å²) < 4.78 is 0. The summed E-state index contributed by atoms with van der Waals surface area (Å²) >= 11 is 0. The molecule has 86 heavy (non-hydrogen) atoms. The number of phenolic OH excluding ortho intramolecular Hbond substituents is 1. The number of carbonyl (C=O) groups excluding carboxylic acids is 7. The van der Waals surface area contributed by atoms with Crippen molar-refractivity contribution in [1.82, 2.24) is 57.2 Å². The average Bonchev–Trinajstić information content (AvgIpc) is 3.35. The van der Waals surface area contributed by atoms with Crippen molar-refractivity contribution in [1.29, 1.82) is 0 Å². The normalized spacial score (nSPS) is 16.9. The van der Waals surface area contributed by atoms with E-state index in [0.717, 1.165) is 15.7 Å². The fourth-order valence-electron chi connectivity index (χ4n) is 9.34. The largest absolute Gasteiger partial charge is 0.508 e. The van der Waals surface area contributed by atoms with Gasteiger partial charge in [-0.3, -0.25) is 62.7 Å². The number of rotatable bonds is 32. The molecule has 0 unspecified atom stereocenters. The summed E-state index contributed by atoms with van der Waals surface area (Å²) in [4.78, 5) is 140. The molecule has 7 amide bonds. The van der Waals surface area contributed by atoms with Crippen molar-refractivity contribution in [2.75, 3.05) is 92.1 Å². The van der Waals surface area contributed by atoms with Crippen molar-refractivity contribution in [3.63, 3.8) is 0 Å². The topological polar surface area (TPSA) is 422 Å². The highest BCUT2D eigenvalue weighted by molar-refractivity contribution is 5.98. The number of carboxylic acids is 3. The molecule has 0 aliphatic carbocycles. The van der Waals surface area contributed by atoms with E-state index in [4.69, 9.17) is 21.7 Å². The predicted molar refractivity (Wildman–Crippen MR) is 316 cm³/mol. The van der Waals surface area contributed by atoms with Crippen LogP contribution in [0.3, 0.4) is 0 Å². The van der Waals surface area contributed by atoms with E-state index in [9.17, 15) is 58.2 Å². The van der Waals surface area contributed by atoms with Crippen LogP contribution < -0.4 is 54.0 Å². The van der Waals surface area contributed by atoms with E-state index in [1.54, 1.807) is 46.2 Å². The number of aliphatic carboxylic acids is 3. The number of nitrogens with two attached hydrogens (primary N) is 2. The zero-order valence-electron chi connectivity index (χ0n) is 47.9. The third-order valence-electron chi connectivity index (χ3n) is 13.9. The minimum atomic E-state index is -1.29. The molecule has 16 N–H and O–H groups in total. The number of hydrogen-bond donors (Lipinski definition) is 14. The highest BCUT2D eigenvalue weighted by Gasteiger charge is 2.36. The van der Waals surface area contributed by atoms with Crippen LogP contribution in [0.4, 0.5) is 0 Å². The number of guanidine groups is 1. The third-order valence-corrected chi connectivity index (χ3v) is 13.9. The summed E-state index contributed by atoms with van der Waals surface area (Å²) in [7, 11) is 1.38. The number of benzene rings is 4. The van der Waals surface area contributed by atoms with Gasteiger partial charge in [0.1, 0.15) is 29.9 Å². The first-order valence-electron chi connectivity index (χ1n) is 28.0. The second-order valence-corrected chi connectivity index (χ2v) is 20.6. The number of nitrogens with zero attached hydrogens (tertiary/aromatic N) is 4. The molecule has 0 saturated carbocycles. The smallest absolute Gasteiger partial charge is 0.317 e. The van der Waals surface area contributed by atoms with Gasteiger partial charge in [0.05, 0.1) is 32.7 Å². The second-order valence-electron chi connectivity index (χ2n) is 20.6. The van der Waals surface area contributed by atoms with Gasteiger partial charge < -0.3 is 79.3 Å². The maximum atomic E-state index is 14.7. The summed E-state index contributed by atoms with van der Waals surface area (Å²) in [6.45, 7) is -0.175. The number of aromatic hydroxyl groups is 1. The number of carbonyl (C=O) groups is 10. The lowest BCUT2D eigenvalue weighted by atomic mass is 10.00. The Morgan fingerprint density at radius 3 is 1.87 bits per heavy atom. The third kappa shape index (κ3) is 24.2. The molecule has 1 saturated heterocycles. The van der Waals surface area contributed by atoms with Gasteiger partial charge >= 0.3 is 17.9 Å². The van der Waals surface area contributed by atoms with E-state index in [2.05, 4.69) is 47.5 Å². The first-order valence-corrected chi connectivity index (χ1v) is 28.0. The Morgan fingerprint density at radius 1 is 0.628 bits per heavy atom. The van der Waals surface area contributed by atoms with E-state index in [1.165, 1.54) is 19.2 Å². The van der Waals surface area contributed by atoms with Gasteiger partial charge in [-0.25, -0.2) is 0 Å². The molecule has 5 rings (SSSR count). The summed E-state index contributed by atoms with van der Waals surface area (Å²) in [5.74, 6) is -7.94. The van der Waals surface area contributed by atoms with Crippen LogP contribution in [0.1, 0.15) is 52.7 Å². The Balaban J connectivity index is 1.28. The Bertz CT molecular complexity index is 3000. The zero-order valence-corrected chi connectivity index (χ0v) is 47.9. The fraction of sp³-hybridized carbons (Fsp3) is 0.431.